The predicted octanol–water partition coefficient (Wildman–Crippen LogP) is 2.51. The second-order valence-electron chi connectivity index (χ2n) is 10.2. The van der Waals surface area contributed by atoms with Crippen molar-refractivity contribution in [3.8, 4) is 0 Å². The van der Waals surface area contributed by atoms with Gasteiger partial charge in [0.05, 0.1) is 10.4 Å². The number of nitrogens with one attached hydrogen (secondary N) is 2. The van der Waals surface area contributed by atoms with Gasteiger partial charge in [0, 0.05) is 50.0 Å². The number of anilines is 2. The molecular weight excluding hydrogens is 478 g/mol. The molecule has 36 heavy (non-hydrogen) atoms. The summed E-state index contributed by atoms with van der Waals surface area (Å²) in [6.45, 7) is 3.07. The molecule has 1 saturated carbocycles. The lowest BCUT2D eigenvalue weighted by atomic mass is 9.80. The fourth-order valence-electron chi connectivity index (χ4n) is 5.74. The highest BCUT2D eigenvalue weighted by Crippen LogP contribution is 2.40. The van der Waals surface area contributed by atoms with Crippen molar-refractivity contribution in [2.24, 2.45) is 0 Å². The Kier molecular flexibility index (Phi) is 5.73. The van der Waals surface area contributed by atoms with E-state index in [9.17, 15) is 13.2 Å². The normalized spacial score (nSPS) is 20.9. The van der Waals surface area contributed by atoms with Gasteiger partial charge >= 0.3 is 0 Å². The first kappa shape index (κ1) is 23.4. The van der Waals surface area contributed by atoms with Crippen molar-refractivity contribution in [3.63, 3.8) is 0 Å². The van der Waals surface area contributed by atoms with Crippen LogP contribution in [0.15, 0.2) is 41.4 Å². The molecule has 1 aromatic carbocycles. The van der Waals surface area contributed by atoms with Gasteiger partial charge in [-0.25, -0.2) is 13.4 Å². The standard InChI is InChI=1S/C25H31N7O3S/c1-30-11-13-31(14-12-30)36(34,35)20-7-5-19(6-8-20)28-24-26-16-18-15-21-23(33)27-17-25(9-3-2-4-10-25)32(21)22(18)29-24/h5-8,15-16H,2-4,9-14,17H2,1H3,(H,27,33)(H,26,28,29). The molecule has 2 aromatic heterocycles. The second-order valence-corrected chi connectivity index (χ2v) is 12.1. The third kappa shape index (κ3) is 3.95. The molecule has 3 aromatic rings. The van der Waals surface area contributed by atoms with Gasteiger partial charge < -0.3 is 20.1 Å². The number of piperazine rings is 1. The highest BCUT2D eigenvalue weighted by atomic mass is 32.2. The summed E-state index contributed by atoms with van der Waals surface area (Å²) in [5, 5.41) is 7.13. The fourth-order valence-corrected chi connectivity index (χ4v) is 7.16. The number of sulfonamides is 1. The van der Waals surface area contributed by atoms with Crippen LogP contribution in [0.5, 0.6) is 0 Å². The van der Waals surface area contributed by atoms with Crippen molar-refractivity contribution in [2.75, 3.05) is 45.1 Å². The second kappa shape index (κ2) is 8.82. The van der Waals surface area contributed by atoms with Gasteiger partial charge in [-0.3, -0.25) is 4.79 Å². The minimum absolute atomic E-state index is 0.0733. The fraction of sp³-hybridized carbons (Fsp3) is 0.480. The van der Waals surface area contributed by atoms with Crippen LogP contribution in [0.25, 0.3) is 11.0 Å². The third-order valence-electron chi connectivity index (χ3n) is 7.82. The predicted molar refractivity (Wildman–Crippen MR) is 137 cm³/mol. The maximum absolute atomic E-state index is 13.0. The van der Waals surface area contributed by atoms with Crippen molar-refractivity contribution in [3.05, 3.63) is 42.2 Å². The minimum Gasteiger partial charge on any atom is -0.348 e. The monoisotopic (exact) mass is 509 g/mol. The van der Waals surface area contributed by atoms with Crippen LogP contribution in [-0.4, -0.2) is 77.8 Å². The molecule has 2 aliphatic heterocycles. The Bertz CT molecular complexity index is 1400. The summed E-state index contributed by atoms with van der Waals surface area (Å²) in [6.07, 6.45) is 7.25. The molecule has 0 unspecified atom stereocenters. The molecule has 3 aliphatic rings. The molecule has 1 spiro atoms. The van der Waals surface area contributed by atoms with E-state index in [4.69, 9.17) is 4.98 Å². The number of benzene rings is 1. The minimum atomic E-state index is -3.52. The zero-order chi connectivity index (χ0) is 24.9. The quantitative estimate of drug-likeness (QED) is 0.556. The molecule has 10 nitrogen and oxygen atoms in total. The Hall–Kier alpha value is -3.02. The average molecular weight is 510 g/mol. The van der Waals surface area contributed by atoms with E-state index in [1.807, 2.05) is 13.1 Å². The van der Waals surface area contributed by atoms with E-state index < -0.39 is 10.0 Å². The molecule has 2 fully saturated rings. The van der Waals surface area contributed by atoms with E-state index in [0.29, 0.717) is 37.0 Å². The zero-order valence-electron chi connectivity index (χ0n) is 20.4. The van der Waals surface area contributed by atoms with Gasteiger partial charge in [-0.2, -0.15) is 9.29 Å². The number of aromatic nitrogens is 3. The number of fused-ring (bicyclic) bond motifs is 4. The van der Waals surface area contributed by atoms with Crippen molar-refractivity contribution >= 4 is 38.6 Å². The Morgan fingerprint density at radius 1 is 1.03 bits per heavy atom. The lowest BCUT2D eigenvalue weighted by Crippen LogP contribution is -2.52. The largest absolute Gasteiger partial charge is 0.348 e. The summed E-state index contributed by atoms with van der Waals surface area (Å²) in [5.74, 6) is 0.339. The average Bonchev–Trinajstić information content (AvgIpc) is 3.28. The van der Waals surface area contributed by atoms with Gasteiger partial charge in [0.1, 0.15) is 11.3 Å². The number of amides is 1. The molecule has 11 heteroatoms. The van der Waals surface area contributed by atoms with Gasteiger partial charge in [0.25, 0.3) is 5.91 Å². The van der Waals surface area contributed by atoms with Gasteiger partial charge in [-0.1, -0.05) is 19.3 Å². The molecule has 0 radical (unpaired) electrons. The number of nitrogens with zero attached hydrogens (tertiary/aromatic N) is 5. The van der Waals surface area contributed by atoms with Crippen LogP contribution >= 0.6 is 0 Å². The van der Waals surface area contributed by atoms with E-state index in [1.165, 1.54) is 6.42 Å². The number of hydrogen-bond acceptors (Lipinski definition) is 7. The molecule has 0 bridgehead atoms. The topological polar surface area (TPSA) is 112 Å². The number of carbonyl (C=O) groups excluding carboxylic acids is 1. The summed E-state index contributed by atoms with van der Waals surface area (Å²) < 4.78 is 29.7. The molecular formula is C25H31N7O3S. The highest BCUT2D eigenvalue weighted by molar-refractivity contribution is 7.89. The summed E-state index contributed by atoms with van der Waals surface area (Å²) >= 11 is 0. The van der Waals surface area contributed by atoms with Crippen LogP contribution < -0.4 is 10.6 Å². The molecule has 2 N–H and O–H groups in total. The van der Waals surface area contributed by atoms with Crippen molar-refractivity contribution < 1.29 is 13.2 Å². The molecule has 190 valence electrons. The van der Waals surface area contributed by atoms with E-state index in [0.717, 1.165) is 49.8 Å². The lowest BCUT2D eigenvalue weighted by Gasteiger charge is -2.42. The Morgan fingerprint density at radius 2 is 1.75 bits per heavy atom. The first-order valence-electron chi connectivity index (χ1n) is 12.6. The van der Waals surface area contributed by atoms with Crippen molar-refractivity contribution in [1.29, 1.82) is 0 Å². The van der Waals surface area contributed by atoms with Gasteiger partial charge in [-0.15, -0.1) is 0 Å². The van der Waals surface area contributed by atoms with Crippen molar-refractivity contribution in [2.45, 2.75) is 42.5 Å². The van der Waals surface area contributed by atoms with E-state index >= 15 is 0 Å². The molecule has 1 amide bonds. The Labute approximate surface area is 210 Å². The first-order valence-corrected chi connectivity index (χ1v) is 14.0. The van der Waals surface area contributed by atoms with Crippen LogP contribution in [0.3, 0.4) is 0 Å². The summed E-state index contributed by atoms with van der Waals surface area (Å²) in [7, 11) is -1.52. The van der Waals surface area contributed by atoms with Crippen molar-refractivity contribution in [1.82, 2.24) is 29.1 Å². The number of hydrogen-bond donors (Lipinski definition) is 2. The van der Waals surface area contributed by atoms with Crippen LogP contribution in [0.4, 0.5) is 11.6 Å². The van der Waals surface area contributed by atoms with Crippen LogP contribution in [0.1, 0.15) is 42.6 Å². The van der Waals surface area contributed by atoms with Crippen LogP contribution in [0.2, 0.25) is 0 Å². The zero-order valence-corrected chi connectivity index (χ0v) is 21.2. The number of rotatable bonds is 4. The SMILES string of the molecule is CN1CCN(S(=O)(=O)c2ccc(Nc3ncc4cc5n(c4n3)C3(CCCCC3)CNC5=O)cc2)CC1. The van der Waals surface area contributed by atoms with E-state index in [-0.39, 0.29) is 16.3 Å². The summed E-state index contributed by atoms with van der Waals surface area (Å²) in [4.78, 5) is 24.3. The van der Waals surface area contributed by atoms with Gasteiger partial charge in [0.2, 0.25) is 16.0 Å². The Balaban J connectivity index is 1.27. The molecule has 4 heterocycles. The van der Waals surface area contributed by atoms with Gasteiger partial charge in [0.15, 0.2) is 0 Å². The third-order valence-corrected chi connectivity index (χ3v) is 9.73. The molecule has 0 atom stereocenters. The van der Waals surface area contributed by atoms with E-state index in [1.54, 1.807) is 34.8 Å². The van der Waals surface area contributed by atoms with Crippen LogP contribution in [-0.2, 0) is 15.6 Å². The molecule has 1 saturated heterocycles. The van der Waals surface area contributed by atoms with Crippen LogP contribution in [0, 0.1) is 0 Å². The molecule has 1 aliphatic carbocycles. The smallest absolute Gasteiger partial charge is 0.268 e. The number of carbonyl (C=O) groups is 1. The molecule has 6 rings (SSSR count). The maximum Gasteiger partial charge on any atom is 0.268 e. The maximum atomic E-state index is 13.0. The van der Waals surface area contributed by atoms with Gasteiger partial charge in [-0.05, 0) is 50.2 Å². The van der Waals surface area contributed by atoms with E-state index in [2.05, 4.69) is 25.1 Å². The Morgan fingerprint density at radius 3 is 2.47 bits per heavy atom. The highest BCUT2D eigenvalue weighted by Gasteiger charge is 2.41. The first-order chi connectivity index (χ1) is 17.4. The summed E-state index contributed by atoms with van der Waals surface area (Å²) in [6, 6.07) is 8.59. The summed E-state index contributed by atoms with van der Waals surface area (Å²) in [5.41, 5.74) is 1.95. The number of likely N-dealkylation sites (N-methyl/N-ethyl adjacent to an activating group) is 1. The lowest BCUT2D eigenvalue weighted by molar-refractivity contribution is 0.0833.